The number of fused-ring (bicyclic) bond motifs is 1. The maximum atomic E-state index is 13.2. The summed E-state index contributed by atoms with van der Waals surface area (Å²) < 4.78 is 13.2. The van der Waals surface area contributed by atoms with Crippen molar-refractivity contribution in [3.8, 4) is 6.07 Å². The van der Waals surface area contributed by atoms with E-state index < -0.39 is 11.9 Å². The van der Waals surface area contributed by atoms with Crippen LogP contribution < -0.4 is 11.1 Å². The molecule has 0 aliphatic carbocycles. The Morgan fingerprint density at radius 2 is 2.23 bits per heavy atom. The second-order valence-corrected chi connectivity index (χ2v) is 5.06. The number of aromatic nitrogens is 2. The highest BCUT2D eigenvalue weighted by Crippen LogP contribution is 2.28. The first-order valence-electron chi connectivity index (χ1n) is 6.63. The average molecular weight is 297 g/mol. The van der Waals surface area contributed by atoms with Crippen molar-refractivity contribution in [1.82, 2.24) is 15.3 Å². The highest BCUT2D eigenvalue weighted by Gasteiger charge is 2.30. The number of benzene rings is 1. The largest absolute Gasteiger partial charge is 0.368 e. The smallest absolute Gasteiger partial charge is 0.255 e. The minimum atomic E-state index is -0.495. The van der Waals surface area contributed by atoms with Gasteiger partial charge in [-0.25, -0.2) is 14.4 Å². The summed E-state index contributed by atoms with van der Waals surface area (Å²) in [7, 11) is 0. The van der Waals surface area contributed by atoms with E-state index in [0.29, 0.717) is 28.9 Å². The number of nitrogen functional groups attached to an aromatic ring is 1. The molecule has 2 heterocycles. The predicted octanol–water partition coefficient (Wildman–Crippen LogP) is 1.41. The molecule has 110 valence electrons. The maximum absolute atomic E-state index is 13.2. The predicted molar refractivity (Wildman–Crippen MR) is 76.2 cm³/mol. The van der Waals surface area contributed by atoms with Gasteiger partial charge in [-0.15, -0.1) is 0 Å². The van der Waals surface area contributed by atoms with Gasteiger partial charge in [0.05, 0.1) is 34.6 Å². The Labute approximate surface area is 125 Å². The van der Waals surface area contributed by atoms with Crippen LogP contribution in [0, 0.1) is 24.1 Å². The number of anilines is 1. The summed E-state index contributed by atoms with van der Waals surface area (Å²) in [6.45, 7) is 1.69. The zero-order valence-corrected chi connectivity index (χ0v) is 11.7. The monoisotopic (exact) mass is 297 g/mol. The molecular weight excluding hydrogens is 285 g/mol. The maximum Gasteiger partial charge on any atom is 0.255 e. The van der Waals surface area contributed by atoms with Crippen molar-refractivity contribution in [3.05, 3.63) is 52.1 Å². The molecular formula is C15H12FN5O. The van der Waals surface area contributed by atoms with Crippen LogP contribution in [0.1, 0.15) is 38.9 Å². The number of nitrogens with one attached hydrogen (secondary N) is 1. The van der Waals surface area contributed by atoms with Crippen molar-refractivity contribution in [3.63, 3.8) is 0 Å². The summed E-state index contributed by atoms with van der Waals surface area (Å²) in [6.07, 6.45) is 0.370. The van der Waals surface area contributed by atoms with Gasteiger partial charge in [0.1, 0.15) is 5.82 Å². The van der Waals surface area contributed by atoms with Gasteiger partial charge < -0.3 is 11.1 Å². The highest BCUT2D eigenvalue weighted by molar-refractivity contribution is 5.97. The Hall–Kier alpha value is -3.01. The molecule has 6 nitrogen and oxygen atoms in total. The normalized spacial score (nSPS) is 16.6. The van der Waals surface area contributed by atoms with Gasteiger partial charge >= 0.3 is 0 Å². The third kappa shape index (κ3) is 2.24. The van der Waals surface area contributed by atoms with Crippen LogP contribution in [-0.2, 0) is 6.42 Å². The van der Waals surface area contributed by atoms with Crippen molar-refractivity contribution in [1.29, 1.82) is 5.26 Å². The van der Waals surface area contributed by atoms with E-state index in [1.807, 2.05) is 6.07 Å². The van der Waals surface area contributed by atoms with Gasteiger partial charge in [-0.05, 0) is 24.6 Å². The summed E-state index contributed by atoms with van der Waals surface area (Å²) >= 11 is 0. The Bertz CT molecular complexity index is 827. The van der Waals surface area contributed by atoms with Gasteiger partial charge in [-0.3, -0.25) is 4.79 Å². The van der Waals surface area contributed by atoms with Crippen molar-refractivity contribution < 1.29 is 9.18 Å². The lowest BCUT2D eigenvalue weighted by Gasteiger charge is -2.26. The quantitative estimate of drug-likeness (QED) is 0.828. The highest BCUT2D eigenvalue weighted by atomic mass is 19.1. The second-order valence-electron chi connectivity index (χ2n) is 5.06. The average Bonchev–Trinajstić information content (AvgIpc) is 2.45. The molecule has 0 spiro atoms. The SMILES string of the molecule is Cc1nc(N)nc2c1C(=O)N[C@@H](c1ccc(F)cc1C#N)C2. The Morgan fingerprint density at radius 1 is 1.45 bits per heavy atom. The Morgan fingerprint density at radius 3 is 2.95 bits per heavy atom. The van der Waals surface area contributed by atoms with E-state index in [-0.39, 0.29) is 17.4 Å². The van der Waals surface area contributed by atoms with Crippen LogP contribution in [0.15, 0.2) is 18.2 Å². The van der Waals surface area contributed by atoms with E-state index in [1.165, 1.54) is 12.1 Å². The molecule has 1 atom stereocenters. The summed E-state index contributed by atoms with van der Waals surface area (Å²) in [5.41, 5.74) is 7.83. The molecule has 3 N–H and O–H groups in total. The standard InChI is InChI=1S/C15H12FN5O/c1-7-13-12(21-15(18)19-7)5-11(20-14(13)22)10-3-2-9(16)4-8(10)6-17/h2-4,11H,5H2,1H3,(H,20,22)(H2,18,19,21)/t11-/m1/s1. The molecule has 0 unspecified atom stereocenters. The second kappa shape index (κ2) is 5.07. The van der Waals surface area contributed by atoms with Crippen molar-refractivity contribution in [2.75, 3.05) is 5.73 Å². The zero-order chi connectivity index (χ0) is 15.9. The van der Waals surface area contributed by atoms with Crippen LogP contribution in [0.2, 0.25) is 0 Å². The number of hydrogen-bond acceptors (Lipinski definition) is 5. The molecule has 3 rings (SSSR count). The molecule has 1 aliphatic rings. The minimum absolute atomic E-state index is 0.101. The number of aryl methyl sites for hydroxylation is 1. The van der Waals surface area contributed by atoms with E-state index in [0.717, 1.165) is 6.07 Å². The first-order valence-corrected chi connectivity index (χ1v) is 6.63. The number of hydrogen-bond donors (Lipinski definition) is 2. The molecule has 0 radical (unpaired) electrons. The fraction of sp³-hybridized carbons (Fsp3) is 0.200. The van der Waals surface area contributed by atoms with Crippen molar-refractivity contribution >= 4 is 11.9 Å². The van der Waals surface area contributed by atoms with Crippen LogP contribution in [0.25, 0.3) is 0 Å². The van der Waals surface area contributed by atoms with Gasteiger partial charge in [-0.1, -0.05) is 6.07 Å². The number of amides is 1. The Kier molecular flexibility index (Phi) is 3.22. The molecule has 7 heteroatoms. The first-order chi connectivity index (χ1) is 10.5. The first kappa shape index (κ1) is 13.9. The molecule has 1 aliphatic heterocycles. The van der Waals surface area contributed by atoms with Crippen LogP contribution >= 0.6 is 0 Å². The van der Waals surface area contributed by atoms with Gasteiger partial charge in [-0.2, -0.15) is 5.26 Å². The van der Waals surface area contributed by atoms with Crippen molar-refractivity contribution in [2.45, 2.75) is 19.4 Å². The van der Waals surface area contributed by atoms with Crippen LogP contribution in [-0.4, -0.2) is 15.9 Å². The van der Waals surface area contributed by atoms with Crippen LogP contribution in [0.3, 0.4) is 0 Å². The molecule has 0 fully saturated rings. The lowest BCUT2D eigenvalue weighted by atomic mass is 9.91. The molecule has 0 saturated carbocycles. The third-order valence-electron chi connectivity index (χ3n) is 3.62. The summed E-state index contributed by atoms with van der Waals surface area (Å²) in [5.74, 6) is -0.716. The number of carbonyl (C=O) groups is 1. The summed E-state index contributed by atoms with van der Waals surface area (Å²) in [6, 6.07) is 5.40. The molecule has 1 amide bonds. The Balaban J connectivity index is 2.07. The van der Waals surface area contributed by atoms with E-state index in [4.69, 9.17) is 11.0 Å². The fourth-order valence-electron chi connectivity index (χ4n) is 2.69. The van der Waals surface area contributed by atoms with E-state index >= 15 is 0 Å². The van der Waals surface area contributed by atoms with E-state index in [1.54, 1.807) is 6.92 Å². The fourth-order valence-corrected chi connectivity index (χ4v) is 2.69. The van der Waals surface area contributed by atoms with Gasteiger partial charge in [0.15, 0.2) is 0 Å². The molecule has 1 aromatic heterocycles. The molecule has 22 heavy (non-hydrogen) atoms. The number of nitrogens with two attached hydrogens (primary N) is 1. The minimum Gasteiger partial charge on any atom is -0.368 e. The third-order valence-corrected chi connectivity index (χ3v) is 3.62. The number of rotatable bonds is 1. The van der Waals surface area contributed by atoms with Crippen LogP contribution in [0.4, 0.5) is 10.3 Å². The lowest BCUT2D eigenvalue weighted by molar-refractivity contribution is 0.0922. The van der Waals surface area contributed by atoms with Gasteiger partial charge in [0, 0.05) is 6.42 Å². The number of nitriles is 1. The number of nitrogens with zero attached hydrogens (tertiary/aromatic N) is 3. The van der Waals surface area contributed by atoms with Crippen molar-refractivity contribution in [2.24, 2.45) is 0 Å². The number of carbonyl (C=O) groups excluding carboxylic acids is 1. The van der Waals surface area contributed by atoms with E-state index in [2.05, 4.69) is 15.3 Å². The molecule has 0 bridgehead atoms. The zero-order valence-electron chi connectivity index (χ0n) is 11.7. The molecule has 1 aromatic carbocycles. The topological polar surface area (TPSA) is 105 Å². The van der Waals surface area contributed by atoms with E-state index in [9.17, 15) is 9.18 Å². The molecule has 2 aromatic rings. The van der Waals surface area contributed by atoms with Gasteiger partial charge in [0.25, 0.3) is 5.91 Å². The van der Waals surface area contributed by atoms with Gasteiger partial charge in [0.2, 0.25) is 5.95 Å². The molecule has 0 saturated heterocycles. The lowest BCUT2D eigenvalue weighted by Crippen LogP contribution is -2.37. The summed E-state index contributed by atoms with van der Waals surface area (Å²) in [4.78, 5) is 20.4. The summed E-state index contributed by atoms with van der Waals surface area (Å²) in [5, 5.41) is 12.0. The number of halogens is 1. The van der Waals surface area contributed by atoms with Crippen LogP contribution in [0.5, 0.6) is 0 Å².